The summed E-state index contributed by atoms with van der Waals surface area (Å²) in [7, 11) is 1.67. The van der Waals surface area contributed by atoms with E-state index in [4.69, 9.17) is 10.5 Å². The Morgan fingerprint density at radius 2 is 2.50 bits per heavy atom. The third kappa shape index (κ3) is 2.49. The monoisotopic (exact) mass is 237 g/mol. The fourth-order valence-electron chi connectivity index (χ4n) is 1.46. The van der Waals surface area contributed by atoms with Crippen LogP contribution in [-0.4, -0.2) is 23.7 Å². The Kier molecular flexibility index (Phi) is 3.71. The first-order valence-corrected chi connectivity index (χ1v) is 6.02. The molecule has 3 N–H and O–H groups in total. The lowest BCUT2D eigenvalue weighted by Crippen LogP contribution is -2.14. The number of ether oxygens (including phenoxy) is 1. The lowest BCUT2D eigenvalue weighted by atomic mass is 10.2. The van der Waals surface area contributed by atoms with Crippen LogP contribution < -0.4 is 5.73 Å². The number of imidazole rings is 1. The summed E-state index contributed by atoms with van der Waals surface area (Å²) in [5.41, 5.74) is 7.00. The lowest BCUT2D eigenvalue weighted by Gasteiger charge is -2.06. The number of thiophene rings is 1. The van der Waals surface area contributed by atoms with Crippen LogP contribution in [0.3, 0.4) is 0 Å². The Labute approximate surface area is 98.5 Å². The van der Waals surface area contributed by atoms with E-state index in [1.807, 2.05) is 17.6 Å². The third-order valence-electron chi connectivity index (χ3n) is 2.37. The van der Waals surface area contributed by atoms with Crippen molar-refractivity contribution in [2.75, 3.05) is 13.7 Å². The molecule has 0 fully saturated rings. The highest BCUT2D eigenvalue weighted by atomic mass is 32.1. The molecule has 2 aromatic heterocycles. The van der Waals surface area contributed by atoms with Gasteiger partial charge in [0.15, 0.2) is 0 Å². The van der Waals surface area contributed by atoms with E-state index in [0.29, 0.717) is 6.61 Å². The number of nitrogens with zero attached hydrogens (tertiary/aromatic N) is 1. The summed E-state index contributed by atoms with van der Waals surface area (Å²) >= 11 is 1.68. The van der Waals surface area contributed by atoms with Crippen LogP contribution in [0, 0.1) is 0 Å². The van der Waals surface area contributed by atoms with Gasteiger partial charge < -0.3 is 15.5 Å². The number of methoxy groups -OCH3 is 1. The maximum atomic E-state index is 5.98. The molecule has 2 rings (SSSR count). The van der Waals surface area contributed by atoms with Crippen molar-refractivity contribution < 1.29 is 4.74 Å². The van der Waals surface area contributed by atoms with Crippen molar-refractivity contribution in [3.05, 3.63) is 29.5 Å². The fourth-order valence-corrected chi connectivity index (χ4v) is 2.16. The van der Waals surface area contributed by atoms with Gasteiger partial charge in [-0.1, -0.05) is 6.07 Å². The van der Waals surface area contributed by atoms with Crippen molar-refractivity contribution in [3.63, 3.8) is 0 Å². The zero-order chi connectivity index (χ0) is 11.4. The Balaban J connectivity index is 2.07. The highest BCUT2D eigenvalue weighted by Gasteiger charge is 2.10. The highest BCUT2D eigenvalue weighted by Crippen LogP contribution is 2.23. The second-order valence-electron chi connectivity index (χ2n) is 3.55. The molecule has 1 unspecified atom stereocenters. The van der Waals surface area contributed by atoms with E-state index < -0.39 is 0 Å². The second-order valence-corrected chi connectivity index (χ2v) is 4.50. The Morgan fingerprint density at radius 1 is 1.62 bits per heavy atom. The molecule has 0 saturated carbocycles. The van der Waals surface area contributed by atoms with Crippen molar-refractivity contribution in [1.82, 2.24) is 9.97 Å². The van der Waals surface area contributed by atoms with Gasteiger partial charge >= 0.3 is 0 Å². The minimum atomic E-state index is -0.0892. The summed E-state index contributed by atoms with van der Waals surface area (Å²) in [5, 5.41) is 2.04. The zero-order valence-corrected chi connectivity index (χ0v) is 9.96. The van der Waals surface area contributed by atoms with Crippen LogP contribution in [0.1, 0.15) is 18.3 Å². The number of aromatic nitrogens is 2. The SMILES string of the molecule is COCCC(N)c1ncc(-c2cccs2)[nH]1. The molecular formula is C11H15N3OS. The molecule has 0 amide bonds. The van der Waals surface area contributed by atoms with Crippen molar-refractivity contribution in [2.24, 2.45) is 5.73 Å². The average Bonchev–Trinajstić information content (AvgIpc) is 2.94. The van der Waals surface area contributed by atoms with Crippen LogP contribution in [0.5, 0.6) is 0 Å². The van der Waals surface area contributed by atoms with Gasteiger partial charge in [-0.3, -0.25) is 0 Å². The summed E-state index contributed by atoms with van der Waals surface area (Å²) in [6.45, 7) is 0.649. The quantitative estimate of drug-likeness (QED) is 0.837. The van der Waals surface area contributed by atoms with Crippen LogP contribution in [0.25, 0.3) is 10.6 Å². The molecule has 1 atom stereocenters. The number of hydrogen-bond donors (Lipinski definition) is 2. The van der Waals surface area contributed by atoms with Gasteiger partial charge in [0.2, 0.25) is 0 Å². The van der Waals surface area contributed by atoms with E-state index >= 15 is 0 Å². The van der Waals surface area contributed by atoms with Gasteiger partial charge in [-0.05, 0) is 17.9 Å². The fraction of sp³-hybridized carbons (Fsp3) is 0.364. The second kappa shape index (κ2) is 5.25. The van der Waals surface area contributed by atoms with Gasteiger partial charge in [0.1, 0.15) is 5.82 Å². The van der Waals surface area contributed by atoms with Gasteiger partial charge in [0.05, 0.1) is 22.8 Å². The summed E-state index contributed by atoms with van der Waals surface area (Å²) in [6, 6.07) is 3.99. The van der Waals surface area contributed by atoms with E-state index in [2.05, 4.69) is 16.0 Å². The van der Waals surface area contributed by atoms with Gasteiger partial charge in [0, 0.05) is 13.7 Å². The maximum Gasteiger partial charge on any atom is 0.123 e. The molecule has 86 valence electrons. The van der Waals surface area contributed by atoms with Gasteiger partial charge in [-0.25, -0.2) is 4.98 Å². The average molecular weight is 237 g/mol. The van der Waals surface area contributed by atoms with Crippen molar-refractivity contribution in [2.45, 2.75) is 12.5 Å². The Morgan fingerprint density at radius 3 is 3.19 bits per heavy atom. The molecule has 2 aromatic rings. The zero-order valence-electron chi connectivity index (χ0n) is 9.14. The number of rotatable bonds is 5. The van der Waals surface area contributed by atoms with Gasteiger partial charge in [-0.15, -0.1) is 11.3 Å². The number of aromatic amines is 1. The van der Waals surface area contributed by atoms with Crippen molar-refractivity contribution >= 4 is 11.3 Å². The van der Waals surface area contributed by atoms with Crippen molar-refractivity contribution in [3.8, 4) is 10.6 Å². The number of H-pyrrole nitrogens is 1. The molecule has 0 aromatic carbocycles. The Bertz CT molecular complexity index is 424. The molecule has 0 aliphatic carbocycles. The summed E-state index contributed by atoms with van der Waals surface area (Å²) in [5.74, 6) is 0.820. The predicted octanol–water partition coefficient (Wildman–Crippen LogP) is 2.17. The largest absolute Gasteiger partial charge is 0.385 e. The number of nitrogens with one attached hydrogen (secondary N) is 1. The molecular weight excluding hydrogens is 222 g/mol. The molecule has 0 radical (unpaired) electrons. The molecule has 0 bridgehead atoms. The highest BCUT2D eigenvalue weighted by molar-refractivity contribution is 7.13. The smallest absolute Gasteiger partial charge is 0.123 e. The minimum Gasteiger partial charge on any atom is -0.385 e. The standard InChI is InChI=1S/C11H15N3OS/c1-15-5-4-8(12)11-13-7-9(14-11)10-3-2-6-16-10/h2-3,6-8H,4-5,12H2,1H3,(H,13,14). The molecule has 0 aliphatic rings. The first kappa shape index (κ1) is 11.3. The first-order chi connectivity index (χ1) is 7.81. The molecule has 5 heteroatoms. The molecule has 0 aliphatic heterocycles. The van der Waals surface area contributed by atoms with Crippen LogP contribution in [0.15, 0.2) is 23.7 Å². The maximum absolute atomic E-state index is 5.98. The van der Waals surface area contributed by atoms with E-state index in [0.717, 1.165) is 17.9 Å². The number of nitrogens with two attached hydrogens (primary N) is 1. The lowest BCUT2D eigenvalue weighted by molar-refractivity contribution is 0.187. The van der Waals surface area contributed by atoms with Crippen LogP contribution in [0.4, 0.5) is 0 Å². The van der Waals surface area contributed by atoms with E-state index in [1.165, 1.54) is 4.88 Å². The topological polar surface area (TPSA) is 63.9 Å². The van der Waals surface area contributed by atoms with Crippen LogP contribution in [-0.2, 0) is 4.74 Å². The van der Waals surface area contributed by atoms with E-state index in [-0.39, 0.29) is 6.04 Å². The van der Waals surface area contributed by atoms with E-state index in [1.54, 1.807) is 18.4 Å². The Hall–Kier alpha value is -1.17. The number of hydrogen-bond acceptors (Lipinski definition) is 4. The summed E-state index contributed by atoms with van der Waals surface area (Å²) in [6.07, 6.45) is 2.60. The predicted molar refractivity (Wildman–Crippen MR) is 65.3 cm³/mol. The van der Waals surface area contributed by atoms with Crippen molar-refractivity contribution in [1.29, 1.82) is 0 Å². The first-order valence-electron chi connectivity index (χ1n) is 5.14. The molecule has 16 heavy (non-hydrogen) atoms. The normalized spacial score (nSPS) is 12.9. The molecule has 4 nitrogen and oxygen atoms in total. The van der Waals surface area contributed by atoms with Gasteiger partial charge in [0.25, 0.3) is 0 Å². The molecule has 2 heterocycles. The molecule has 0 saturated heterocycles. The summed E-state index contributed by atoms with van der Waals surface area (Å²) in [4.78, 5) is 8.72. The minimum absolute atomic E-state index is 0.0892. The third-order valence-corrected chi connectivity index (χ3v) is 3.27. The summed E-state index contributed by atoms with van der Waals surface area (Å²) < 4.78 is 4.99. The van der Waals surface area contributed by atoms with Gasteiger partial charge in [-0.2, -0.15) is 0 Å². The molecule has 0 spiro atoms. The van der Waals surface area contributed by atoms with Crippen LogP contribution in [0.2, 0.25) is 0 Å². The van der Waals surface area contributed by atoms with Crippen LogP contribution >= 0.6 is 11.3 Å². The van der Waals surface area contributed by atoms with E-state index in [9.17, 15) is 0 Å².